The van der Waals surface area contributed by atoms with E-state index in [1.807, 2.05) is 52.0 Å². The maximum atomic E-state index is 12.4. The lowest BCUT2D eigenvalue weighted by molar-refractivity contribution is -0.136. The van der Waals surface area contributed by atoms with E-state index < -0.39 is 0 Å². The number of esters is 1. The molecule has 1 aromatic rings. The molecule has 128 valence electrons. The number of thiocarbonyl (C=S) groups is 1. The molecule has 0 fully saturated rings. The maximum Gasteiger partial charge on any atom is 0.337 e. The lowest BCUT2D eigenvalue weighted by Gasteiger charge is -2.35. The highest BCUT2D eigenvalue weighted by molar-refractivity contribution is 7.80. The van der Waals surface area contributed by atoms with Crippen LogP contribution >= 0.6 is 12.2 Å². The Labute approximate surface area is 149 Å². The fourth-order valence-electron chi connectivity index (χ4n) is 2.55. The molecule has 4 nitrogen and oxygen atoms in total. The summed E-state index contributed by atoms with van der Waals surface area (Å²) in [7, 11) is 1.39. The van der Waals surface area contributed by atoms with Gasteiger partial charge in [0.15, 0.2) is 5.11 Å². The van der Waals surface area contributed by atoms with Crippen LogP contribution in [0.25, 0.3) is 6.08 Å². The van der Waals surface area contributed by atoms with Crippen molar-refractivity contribution in [2.45, 2.75) is 33.7 Å². The van der Waals surface area contributed by atoms with Gasteiger partial charge in [0, 0.05) is 11.1 Å². The largest absolute Gasteiger partial charge is 0.466 e. The van der Waals surface area contributed by atoms with Gasteiger partial charge in [-0.3, -0.25) is 0 Å². The fraction of sp³-hybridized carbons (Fsp3) is 0.368. The van der Waals surface area contributed by atoms with Gasteiger partial charge in [0.25, 0.3) is 0 Å². The van der Waals surface area contributed by atoms with Crippen LogP contribution in [-0.2, 0) is 9.53 Å². The Morgan fingerprint density at radius 1 is 1.25 bits per heavy atom. The van der Waals surface area contributed by atoms with E-state index in [4.69, 9.17) is 17.0 Å². The number of rotatable bonds is 3. The van der Waals surface area contributed by atoms with Crippen molar-refractivity contribution in [2.75, 3.05) is 7.11 Å². The Morgan fingerprint density at radius 3 is 2.42 bits per heavy atom. The summed E-state index contributed by atoms with van der Waals surface area (Å²) in [6.07, 6.45) is 3.92. The third kappa shape index (κ3) is 4.23. The summed E-state index contributed by atoms with van der Waals surface area (Å²) in [5, 5.41) is 6.77. The molecule has 5 heteroatoms. The molecule has 1 aliphatic heterocycles. The first-order valence-electron chi connectivity index (χ1n) is 7.87. The van der Waals surface area contributed by atoms with Crippen molar-refractivity contribution in [3.8, 4) is 0 Å². The van der Waals surface area contributed by atoms with Crippen LogP contribution in [0.2, 0.25) is 0 Å². The van der Waals surface area contributed by atoms with Crippen LogP contribution in [0.5, 0.6) is 0 Å². The van der Waals surface area contributed by atoms with Crippen molar-refractivity contribution in [2.24, 2.45) is 5.41 Å². The zero-order valence-electron chi connectivity index (χ0n) is 14.8. The molecule has 1 aromatic carbocycles. The lowest BCUT2D eigenvalue weighted by Crippen LogP contribution is -2.51. The van der Waals surface area contributed by atoms with Crippen molar-refractivity contribution in [1.29, 1.82) is 0 Å². The van der Waals surface area contributed by atoms with Gasteiger partial charge in [-0.25, -0.2) is 4.79 Å². The zero-order valence-corrected chi connectivity index (χ0v) is 15.6. The second kappa shape index (κ2) is 7.18. The first kappa shape index (κ1) is 18.2. The SMILES string of the molecule is COC(=O)C1=C(C(C)(C)C)NC(=S)NC1/C=C/c1ccc(C)cc1. The number of benzene rings is 1. The molecule has 0 bridgehead atoms. The number of methoxy groups -OCH3 is 1. The standard InChI is InChI=1S/C19H24N2O2S/c1-12-6-8-13(9-7-12)10-11-14-15(17(22)23-5)16(19(2,3)4)21-18(24)20-14/h6-11,14H,1-5H3,(H2,20,21,24)/b11-10+. The molecule has 0 radical (unpaired) electrons. The predicted octanol–water partition coefficient (Wildman–Crippen LogP) is 3.33. The Kier molecular flexibility index (Phi) is 5.44. The number of carbonyl (C=O) groups excluding carboxylic acids is 1. The first-order chi connectivity index (χ1) is 11.2. The van der Waals surface area contributed by atoms with Crippen molar-refractivity contribution < 1.29 is 9.53 Å². The Hall–Kier alpha value is -2.14. The van der Waals surface area contributed by atoms with Gasteiger partial charge in [-0.15, -0.1) is 0 Å². The number of nitrogens with one attached hydrogen (secondary N) is 2. The molecule has 1 unspecified atom stereocenters. The second-order valence-corrected chi connectivity index (χ2v) is 7.28. The second-order valence-electron chi connectivity index (χ2n) is 6.88. The highest BCUT2D eigenvalue weighted by Crippen LogP contribution is 2.30. The zero-order chi connectivity index (χ0) is 17.9. The molecule has 1 aliphatic rings. The molecule has 0 saturated carbocycles. The molecule has 0 aliphatic carbocycles. The fourth-order valence-corrected chi connectivity index (χ4v) is 2.77. The smallest absolute Gasteiger partial charge is 0.337 e. The van der Waals surface area contributed by atoms with E-state index in [9.17, 15) is 4.79 Å². The number of aryl methyl sites for hydroxylation is 1. The highest BCUT2D eigenvalue weighted by atomic mass is 32.1. The van der Waals surface area contributed by atoms with Crippen LogP contribution in [0.4, 0.5) is 0 Å². The van der Waals surface area contributed by atoms with Gasteiger partial charge in [-0.1, -0.05) is 62.8 Å². The van der Waals surface area contributed by atoms with Gasteiger partial charge in [0.05, 0.1) is 18.7 Å². The average molecular weight is 344 g/mol. The molecule has 0 saturated heterocycles. The molecule has 0 aromatic heterocycles. The molecular formula is C19H24N2O2S. The van der Waals surface area contributed by atoms with Gasteiger partial charge >= 0.3 is 5.97 Å². The van der Waals surface area contributed by atoms with E-state index in [0.717, 1.165) is 11.3 Å². The molecular weight excluding hydrogens is 320 g/mol. The molecule has 0 amide bonds. The predicted molar refractivity (Wildman–Crippen MR) is 101 cm³/mol. The monoisotopic (exact) mass is 344 g/mol. The van der Waals surface area contributed by atoms with Crippen molar-refractivity contribution in [1.82, 2.24) is 10.6 Å². The van der Waals surface area contributed by atoms with E-state index in [1.54, 1.807) is 0 Å². The Morgan fingerprint density at radius 2 is 1.88 bits per heavy atom. The van der Waals surface area contributed by atoms with E-state index in [2.05, 4.69) is 22.8 Å². The van der Waals surface area contributed by atoms with Crippen LogP contribution in [-0.4, -0.2) is 24.2 Å². The van der Waals surface area contributed by atoms with Crippen molar-refractivity contribution in [3.63, 3.8) is 0 Å². The minimum absolute atomic E-state index is 0.258. The van der Waals surface area contributed by atoms with Gasteiger partial charge in [-0.05, 0) is 24.7 Å². The summed E-state index contributed by atoms with van der Waals surface area (Å²) >= 11 is 5.31. The van der Waals surface area contributed by atoms with Gasteiger partial charge in [0.1, 0.15) is 0 Å². The van der Waals surface area contributed by atoms with Gasteiger partial charge < -0.3 is 15.4 Å². The van der Waals surface area contributed by atoms with E-state index in [0.29, 0.717) is 10.7 Å². The van der Waals surface area contributed by atoms with Crippen LogP contribution in [0, 0.1) is 12.3 Å². The van der Waals surface area contributed by atoms with Gasteiger partial charge in [-0.2, -0.15) is 0 Å². The summed E-state index contributed by atoms with van der Waals surface area (Å²) in [4.78, 5) is 12.4. The topological polar surface area (TPSA) is 50.4 Å². The maximum absolute atomic E-state index is 12.4. The summed E-state index contributed by atoms with van der Waals surface area (Å²) in [6, 6.07) is 7.85. The molecule has 2 N–H and O–H groups in total. The van der Waals surface area contributed by atoms with E-state index in [-0.39, 0.29) is 17.4 Å². The molecule has 1 heterocycles. The minimum Gasteiger partial charge on any atom is -0.466 e. The van der Waals surface area contributed by atoms with Gasteiger partial charge in [0.2, 0.25) is 0 Å². The Bertz CT molecular complexity index is 697. The minimum atomic E-state index is -0.360. The number of carbonyl (C=O) groups is 1. The van der Waals surface area contributed by atoms with Crippen molar-refractivity contribution in [3.05, 3.63) is 52.7 Å². The molecule has 2 rings (SSSR count). The number of hydrogen-bond acceptors (Lipinski definition) is 3. The van der Waals surface area contributed by atoms with Crippen LogP contribution in [0.3, 0.4) is 0 Å². The molecule has 1 atom stereocenters. The molecule has 24 heavy (non-hydrogen) atoms. The van der Waals surface area contributed by atoms with Crippen LogP contribution in [0.15, 0.2) is 41.6 Å². The van der Waals surface area contributed by atoms with Crippen LogP contribution in [0.1, 0.15) is 31.9 Å². The summed E-state index contributed by atoms with van der Waals surface area (Å²) in [5.41, 5.74) is 3.36. The summed E-state index contributed by atoms with van der Waals surface area (Å²) in [5.74, 6) is -0.360. The third-order valence-corrected chi connectivity index (χ3v) is 4.04. The lowest BCUT2D eigenvalue weighted by atomic mass is 9.85. The van der Waals surface area contributed by atoms with Crippen molar-refractivity contribution >= 4 is 29.4 Å². The Balaban J connectivity index is 2.43. The average Bonchev–Trinajstić information content (AvgIpc) is 2.52. The number of ether oxygens (including phenoxy) is 1. The summed E-state index contributed by atoms with van der Waals surface area (Å²) in [6.45, 7) is 8.15. The molecule has 0 spiro atoms. The quantitative estimate of drug-likeness (QED) is 0.651. The first-order valence-corrected chi connectivity index (χ1v) is 8.28. The number of hydrogen-bond donors (Lipinski definition) is 2. The summed E-state index contributed by atoms with van der Waals surface area (Å²) < 4.78 is 4.99. The van der Waals surface area contributed by atoms with E-state index >= 15 is 0 Å². The number of allylic oxidation sites excluding steroid dienone is 1. The van der Waals surface area contributed by atoms with E-state index in [1.165, 1.54) is 12.7 Å². The third-order valence-electron chi connectivity index (χ3n) is 3.82. The highest BCUT2D eigenvalue weighted by Gasteiger charge is 2.34. The van der Waals surface area contributed by atoms with Crippen LogP contribution < -0.4 is 10.6 Å². The normalized spacial score (nSPS) is 18.4.